The Bertz CT molecular complexity index is 1170. The van der Waals surface area contributed by atoms with Crippen LogP contribution in [0.15, 0.2) is 60.8 Å². The first kappa shape index (κ1) is 61.1. The van der Waals surface area contributed by atoms with Crippen molar-refractivity contribution >= 4 is 17.9 Å². The maximum atomic E-state index is 12.8. The van der Waals surface area contributed by atoms with Gasteiger partial charge in [-0.1, -0.05) is 242 Å². The molecule has 64 heavy (non-hydrogen) atoms. The van der Waals surface area contributed by atoms with Crippen LogP contribution in [0.25, 0.3) is 0 Å². The lowest BCUT2D eigenvalue weighted by atomic mass is 10.0. The molecular weight excluding hydrogens is 793 g/mol. The Labute approximate surface area is 396 Å². The van der Waals surface area contributed by atoms with E-state index in [-0.39, 0.29) is 31.1 Å². The number of hydrogen-bond donors (Lipinski definition) is 0. The lowest BCUT2D eigenvalue weighted by Gasteiger charge is -2.18. The van der Waals surface area contributed by atoms with Crippen LogP contribution in [0.5, 0.6) is 0 Å². The first-order valence-corrected chi connectivity index (χ1v) is 27.3. The van der Waals surface area contributed by atoms with Crippen LogP contribution >= 0.6 is 0 Å². The third kappa shape index (κ3) is 50.1. The summed E-state index contributed by atoms with van der Waals surface area (Å²) in [6.07, 6.45) is 64.8. The lowest BCUT2D eigenvalue weighted by molar-refractivity contribution is -0.167. The van der Waals surface area contributed by atoms with Crippen LogP contribution in [-0.4, -0.2) is 37.2 Å². The van der Waals surface area contributed by atoms with Crippen molar-refractivity contribution in [3.63, 3.8) is 0 Å². The van der Waals surface area contributed by atoms with E-state index in [9.17, 15) is 14.4 Å². The molecule has 0 aliphatic carbocycles. The predicted molar refractivity (Wildman–Crippen MR) is 275 cm³/mol. The predicted octanol–water partition coefficient (Wildman–Crippen LogP) is 18.0. The van der Waals surface area contributed by atoms with Crippen molar-refractivity contribution < 1.29 is 28.6 Å². The fourth-order valence-corrected chi connectivity index (χ4v) is 7.68. The zero-order valence-electron chi connectivity index (χ0n) is 42.3. The smallest absolute Gasteiger partial charge is 0.306 e. The minimum atomic E-state index is -0.789. The monoisotopic (exact) mass is 895 g/mol. The van der Waals surface area contributed by atoms with Gasteiger partial charge in [0.25, 0.3) is 0 Å². The highest BCUT2D eigenvalue weighted by atomic mass is 16.6. The van der Waals surface area contributed by atoms with Crippen LogP contribution in [0.4, 0.5) is 0 Å². The second-order valence-corrected chi connectivity index (χ2v) is 18.2. The van der Waals surface area contributed by atoms with Gasteiger partial charge in [-0.25, -0.2) is 0 Å². The summed E-state index contributed by atoms with van der Waals surface area (Å²) in [4.78, 5) is 38.0. The molecular formula is C58H102O6. The molecule has 0 aromatic carbocycles. The molecule has 1 unspecified atom stereocenters. The Morgan fingerprint density at radius 3 is 0.969 bits per heavy atom. The molecule has 370 valence electrons. The standard InChI is InChI=1S/C58H102O6/c1-4-7-10-13-16-19-22-25-28-29-30-31-34-36-39-42-45-48-51-57(60)63-54-55(64-58(61)52-49-46-43-40-37-33-27-24-21-18-15-12-9-6-3)53-62-56(59)50-47-44-41-38-35-32-26-23-20-17-14-11-8-5-2/h16,19,22,25,28-31,33,37,55H,4-15,17-18,20-21,23-24,26-27,32,34-36,38-54H2,1-3H3/b19-16-,25-22-,29-28-,31-30-,37-33-. The van der Waals surface area contributed by atoms with E-state index in [0.717, 1.165) is 96.3 Å². The average Bonchev–Trinajstić information content (AvgIpc) is 3.29. The maximum Gasteiger partial charge on any atom is 0.306 e. The van der Waals surface area contributed by atoms with Crippen LogP contribution in [-0.2, 0) is 28.6 Å². The summed E-state index contributed by atoms with van der Waals surface area (Å²) in [6, 6.07) is 0. The molecule has 0 rings (SSSR count). The van der Waals surface area contributed by atoms with Gasteiger partial charge in [-0.15, -0.1) is 0 Å². The number of carbonyl (C=O) groups is 3. The van der Waals surface area contributed by atoms with Gasteiger partial charge in [0.1, 0.15) is 13.2 Å². The van der Waals surface area contributed by atoms with Gasteiger partial charge in [0.05, 0.1) is 0 Å². The van der Waals surface area contributed by atoms with Gasteiger partial charge in [-0.05, 0) is 70.6 Å². The summed E-state index contributed by atoms with van der Waals surface area (Å²) < 4.78 is 16.8. The van der Waals surface area contributed by atoms with Gasteiger partial charge >= 0.3 is 17.9 Å². The average molecular weight is 895 g/mol. The molecule has 6 heteroatoms. The minimum Gasteiger partial charge on any atom is -0.462 e. The zero-order valence-corrected chi connectivity index (χ0v) is 42.3. The topological polar surface area (TPSA) is 78.9 Å². The van der Waals surface area contributed by atoms with Gasteiger partial charge in [0.2, 0.25) is 0 Å². The molecule has 0 radical (unpaired) electrons. The number of unbranched alkanes of at least 4 members (excludes halogenated alkanes) is 31. The summed E-state index contributed by atoms with van der Waals surface area (Å²) in [5.41, 5.74) is 0. The molecule has 0 aliphatic heterocycles. The second-order valence-electron chi connectivity index (χ2n) is 18.2. The largest absolute Gasteiger partial charge is 0.462 e. The molecule has 0 aliphatic rings. The van der Waals surface area contributed by atoms with Crippen molar-refractivity contribution in [2.24, 2.45) is 0 Å². The van der Waals surface area contributed by atoms with Crippen LogP contribution in [0.1, 0.15) is 271 Å². The van der Waals surface area contributed by atoms with Crippen LogP contribution < -0.4 is 0 Å². The lowest BCUT2D eigenvalue weighted by Crippen LogP contribution is -2.30. The number of allylic oxidation sites excluding steroid dienone is 10. The Balaban J connectivity index is 4.43. The van der Waals surface area contributed by atoms with Crippen molar-refractivity contribution in [1.82, 2.24) is 0 Å². The normalized spacial score (nSPS) is 12.5. The molecule has 0 N–H and O–H groups in total. The maximum absolute atomic E-state index is 12.8. The Hall–Kier alpha value is -2.89. The molecule has 0 fully saturated rings. The van der Waals surface area contributed by atoms with Gasteiger partial charge in [-0.2, -0.15) is 0 Å². The van der Waals surface area contributed by atoms with E-state index in [1.54, 1.807) is 0 Å². The third-order valence-corrected chi connectivity index (χ3v) is 11.8. The molecule has 1 atom stereocenters. The zero-order chi connectivity index (χ0) is 46.5. The van der Waals surface area contributed by atoms with E-state index in [0.29, 0.717) is 19.3 Å². The van der Waals surface area contributed by atoms with E-state index in [4.69, 9.17) is 14.2 Å². The third-order valence-electron chi connectivity index (χ3n) is 11.8. The molecule has 0 amide bonds. The Kier molecular flexibility index (Phi) is 50.4. The summed E-state index contributed by atoms with van der Waals surface area (Å²) in [5.74, 6) is -0.917. The SMILES string of the molecule is CCCCC\C=C/C=C\C=C/C=C\CCCCCCCC(=O)OCC(COC(=O)CCCCCCCCCCCCCCCC)OC(=O)CCCCC/C=C\CCCCCCCCC. The van der Waals surface area contributed by atoms with E-state index < -0.39 is 6.10 Å². The van der Waals surface area contributed by atoms with E-state index in [1.165, 1.54) is 135 Å². The highest BCUT2D eigenvalue weighted by molar-refractivity contribution is 5.71. The molecule has 0 aromatic rings. The Morgan fingerprint density at radius 2 is 0.578 bits per heavy atom. The fourth-order valence-electron chi connectivity index (χ4n) is 7.68. The van der Waals surface area contributed by atoms with E-state index in [2.05, 4.69) is 81.5 Å². The summed E-state index contributed by atoms with van der Waals surface area (Å²) in [6.45, 7) is 6.58. The highest BCUT2D eigenvalue weighted by Gasteiger charge is 2.19. The van der Waals surface area contributed by atoms with Crippen molar-refractivity contribution in [2.45, 2.75) is 277 Å². The number of hydrogen-bond acceptors (Lipinski definition) is 6. The van der Waals surface area contributed by atoms with Crippen molar-refractivity contribution in [3.05, 3.63) is 60.8 Å². The minimum absolute atomic E-state index is 0.0858. The summed E-state index contributed by atoms with van der Waals surface area (Å²) in [7, 11) is 0. The molecule has 6 nitrogen and oxygen atoms in total. The van der Waals surface area contributed by atoms with E-state index in [1.807, 2.05) is 0 Å². The molecule has 0 aromatic heterocycles. The Morgan fingerprint density at radius 1 is 0.312 bits per heavy atom. The number of carbonyl (C=O) groups excluding carboxylic acids is 3. The van der Waals surface area contributed by atoms with Gasteiger partial charge in [0.15, 0.2) is 6.10 Å². The van der Waals surface area contributed by atoms with Crippen molar-refractivity contribution in [3.8, 4) is 0 Å². The van der Waals surface area contributed by atoms with Crippen molar-refractivity contribution in [1.29, 1.82) is 0 Å². The number of rotatable bonds is 49. The molecule has 0 spiro atoms. The summed E-state index contributed by atoms with van der Waals surface area (Å²) >= 11 is 0. The molecule has 0 saturated heterocycles. The molecule has 0 saturated carbocycles. The second kappa shape index (κ2) is 52.7. The van der Waals surface area contributed by atoms with Crippen LogP contribution in [0.3, 0.4) is 0 Å². The fraction of sp³-hybridized carbons (Fsp3) is 0.776. The van der Waals surface area contributed by atoms with Crippen molar-refractivity contribution in [2.75, 3.05) is 13.2 Å². The van der Waals surface area contributed by atoms with Crippen LogP contribution in [0.2, 0.25) is 0 Å². The highest BCUT2D eigenvalue weighted by Crippen LogP contribution is 2.15. The quantitative estimate of drug-likeness (QED) is 0.0199. The van der Waals surface area contributed by atoms with E-state index >= 15 is 0 Å². The number of ether oxygens (including phenoxy) is 3. The first-order valence-electron chi connectivity index (χ1n) is 27.3. The molecule has 0 heterocycles. The molecule has 0 bridgehead atoms. The van der Waals surface area contributed by atoms with Gasteiger partial charge in [0, 0.05) is 19.3 Å². The first-order chi connectivity index (χ1) is 31.5. The van der Waals surface area contributed by atoms with Crippen LogP contribution in [0, 0.1) is 0 Å². The van der Waals surface area contributed by atoms with Gasteiger partial charge in [-0.3, -0.25) is 14.4 Å². The summed E-state index contributed by atoms with van der Waals surface area (Å²) in [5, 5.41) is 0. The number of esters is 3. The van der Waals surface area contributed by atoms with Gasteiger partial charge < -0.3 is 14.2 Å².